The maximum Gasteiger partial charge on any atom is 0.0916 e. The number of hydrogen-bond donors (Lipinski definition) is 1. The van der Waals surface area contributed by atoms with E-state index in [2.05, 4.69) is 9.88 Å². The van der Waals surface area contributed by atoms with Gasteiger partial charge < -0.3 is 9.84 Å². The van der Waals surface area contributed by atoms with Crippen molar-refractivity contribution in [3.05, 3.63) is 66.0 Å². The second-order valence-corrected chi connectivity index (χ2v) is 5.76. The van der Waals surface area contributed by atoms with Crippen molar-refractivity contribution in [2.75, 3.05) is 19.6 Å². The molecule has 0 amide bonds. The van der Waals surface area contributed by atoms with Gasteiger partial charge in [-0.25, -0.2) is 0 Å². The first-order chi connectivity index (χ1) is 10.8. The van der Waals surface area contributed by atoms with Gasteiger partial charge >= 0.3 is 0 Å². The molecule has 1 aromatic carbocycles. The van der Waals surface area contributed by atoms with Gasteiger partial charge in [-0.1, -0.05) is 30.3 Å². The normalized spacial score (nSPS) is 20.1. The SMILES string of the molecule is OC(CN1CCC(OCc2ccncc2)C1)c1ccccc1. The number of benzene rings is 1. The number of rotatable bonds is 6. The van der Waals surface area contributed by atoms with Crippen molar-refractivity contribution in [3.8, 4) is 0 Å². The highest BCUT2D eigenvalue weighted by Crippen LogP contribution is 2.19. The number of pyridine rings is 1. The van der Waals surface area contributed by atoms with E-state index in [-0.39, 0.29) is 6.10 Å². The molecule has 3 rings (SSSR count). The van der Waals surface area contributed by atoms with Crippen molar-refractivity contribution in [1.29, 1.82) is 0 Å². The van der Waals surface area contributed by atoms with Crippen LogP contribution in [0.1, 0.15) is 23.7 Å². The summed E-state index contributed by atoms with van der Waals surface area (Å²) in [5, 5.41) is 10.3. The first-order valence-corrected chi connectivity index (χ1v) is 7.77. The predicted octanol–water partition coefficient (Wildman–Crippen LogP) is 2.41. The highest BCUT2D eigenvalue weighted by molar-refractivity contribution is 5.17. The molecule has 116 valence electrons. The van der Waals surface area contributed by atoms with Gasteiger partial charge in [-0.2, -0.15) is 0 Å². The number of aromatic nitrogens is 1. The van der Waals surface area contributed by atoms with Crippen LogP contribution in [0.4, 0.5) is 0 Å². The molecule has 4 nitrogen and oxygen atoms in total. The van der Waals surface area contributed by atoms with Crippen molar-refractivity contribution in [3.63, 3.8) is 0 Å². The molecule has 1 saturated heterocycles. The fourth-order valence-corrected chi connectivity index (χ4v) is 2.82. The summed E-state index contributed by atoms with van der Waals surface area (Å²) in [6, 6.07) is 13.8. The first kappa shape index (κ1) is 15.2. The Bertz CT molecular complexity index is 562. The largest absolute Gasteiger partial charge is 0.387 e. The third-order valence-corrected chi connectivity index (χ3v) is 4.08. The molecular formula is C18H22N2O2. The van der Waals surface area contributed by atoms with Gasteiger partial charge in [0, 0.05) is 32.0 Å². The lowest BCUT2D eigenvalue weighted by molar-refractivity contribution is 0.0416. The fourth-order valence-electron chi connectivity index (χ4n) is 2.82. The molecule has 2 atom stereocenters. The Hall–Kier alpha value is -1.75. The maximum atomic E-state index is 10.3. The molecular weight excluding hydrogens is 276 g/mol. The van der Waals surface area contributed by atoms with Crippen LogP contribution in [0.5, 0.6) is 0 Å². The summed E-state index contributed by atoms with van der Waals surface area (Å²) >= 11 is 0. The summed E-state index contributed by atoms with van der Waals surface area (Å²) in [7, 11) is 0. The number of ether oxygens (including phenoxy) is 1. The Morgan fingerprint density at radius 2 is 1.95 bits per heavy atom. The van der Waals surface area contributed by atoms with Crippen LogP contribution in [-0.4, -0.2) is 40.7 Å². The topological polar surface area (TPSA) is 45.6 Å². The summed E-state index contributed by atoms with van der Waals surface area (Å²) < 4.78 is 5.96. The molecule has 2 aromatic rings. The van der Waals surface area contributed by atoms with E-state index in [1.165, 1.54) is 0 Å². The molecule has 1 aliphatic heterocycles. The lowest BCUT2D eigenvalue weighted by atomic mass is 10.1. The summed E-state index contributed by atoms with van der Waals surface area (Å²) in [4.78, 5) is 6.28. The Labute approximate surface area is 131 Å². The number of likely N-dealkylation sites (tertiary alicyclic amines) is 1. The van der Waals surface area contributed by atoms with Crippen LogP contribution >= 0.6 is 0 Å². The number of aliphatic hydroxyl groups is 1. The molecule has 1 fully saturated rings. The lowest BCUT2D eigenvalue weighted by Crippen LogP contribution is -2.28. The standard InChI is InChI=1S/C18H22N2O2/c21-18(16-4-2-1-3-5-16)13-20-11-8-17(12-20)22-14-15-6-9-19-10-7-15/h1-7,9-10,17-18,21H,8,11-14H2. The van der Waals surface area contributed by atoms with E-state index in [9.17, 15) is 5.11 Å². The molecule has 0 saturated carbocycles. The van der Waals surface area contributed by atoms with Gasteiger partial charge in [0.2, 0.25) is 0 Å². The van der Waals surface area contributed by atoms with Crippen LogP contribution in [0, 0.1) is 0 Å². The van der Waals surface area contributed by atoms with E-state index in [0.29, 0.717) is 13.2 Å². The van der Waals surface area contributed by atoms with E-state index in [1.54, 1.807) is 12.4 Å². The van der Waals surface area contributed by atoms with E-state index >= 15 is 0 Å². The van der Waals surface area contributed by atoms with Crippen LogP contribution in [0.25, 0.3) is 0 Å². The predicted molar refractivity (Wildman–Crippen MR) is 85.3 cm³/mol. The molecule has 22 heavy (non-hydrogen) atoms. The Morgan fingerprint density at radius 1 is 1.18 bits per heavy atom. The summed E-state index contributed by atoms with van der Waals surface area (Å²) in [5.74, 6) is 0. The maximum absolute atomic E-state index is 10.3. The molecule has 1 N–H and O–H groups in total. The van der Waals surface area contributed by atoms with Gasteiger partial charge in [-0.15, -0.1) is 0 Å². The molecule has 0 spiro atoms. The average Bonchev–Trinajstić information content (AvgIpc) is 3.02. The average molecular weight is 298 g/mol. The van der Waals surface area contributed by atoms with Crippen molar-refractivity contribution in [2.24, 2.45) is 0 Å². The van der Waals surface area contributed by atoms with E-state index in [0.717, 1.165) is 30.6 Å². The van der Waals surface area contributed by atoms with Crippen LogP contribution in [0.2, 0.25) is 0 Å². The monoisotopic (exact) mass is 298 g/mol. The van der Waals surface area contributed by atoms with Gasteiger partial charge in [0.25, 0.3) is 0 Å². The Kier molecular flexibility index (Phi) is 5.16. The molecule has 1 aromatic heterocycles. The highest BCUT2D eigenvalue weighted by Gasteiger charge is 2.25. The smallest absolute Gasteiger partial charge is 0.0916 e. The van der Waals surface area contributed by atoms with Crippen LogP contribution in [0.15, 0.2) is 54.9 Å². The Morgan fingerprint density at radius 3 is 2.73 bits per heavy atom. The van der Waals surface area contributed by atoms with Gasteiger partial charge in [0.15, 0.2) is 0 Å². The zero-order valence-electron chi connectivity index (χ0n) is 12.6. The molecule has 4 heteroatoms. The molecule has 1 aliphatic rings. The van der Waals surface area contributed by atoms with Crippen molar-refractivity contribution >= 4 is 0 Å². The summed E-state index contributed by atoms with van der Waals surface area (Å²) in [6.45, 7) is 3.15. The number of β-amino-alcohol motifs (C(OH)–C–C–N with tert-alkyl or cyclic N) is 1. The number of aliphatic hydroxyl groups excluding tert-OH is 1. The second kappa shape index (κ2) is 7.49. The van der Waals surface area contributed by atoms with Gasteiger partial charge in [-0.05, 0) is 29.7 Å². The van der Waals surface area contributed by atoms with Crippen molar-refractivity contribution in [2.45, 2.75) is 25.2 Å². The van der Waals surface area contributed by atoms with Gasteiger partial charge in [-0.3, -0.25) is 9.88 Å². The summed E-state index contributed by atoms with van der Waals surface area (Å²) in [5.41, 5.74) is 2.13. The minimum atomic E-state index is -0.430. The quantitative estimate of drug-likeness (QED) is 0.889. The second-order valence-electron chi connectivity index (χ2n) is 5.76. The van der Waals surface area contributed by atoms with Crippen LogP contribution in [-0.2, 0) is 11.3 Å². The van der Waals surface area contributed by atoms with Crippen molar-refractivity contribution in [1.82, 2.24) is 9.88 Å². The van der Waals surface area contributed by atoms with E-state index in [1.807, 2.05) is 42.5 Å². The van der Waals surface area contributed by atoms with Crippen LogP contribution in [0.3, 0.4) is 0 Å². The minimum absolute atomic E-state index is 0.246. The van der Waals surface area contributed by atoms with E-state index < -0.39 is 6.10 Å². The zero-order chi connectivity index (χ0) is 15.2. The van der Waals surface area contributed by atoms with Crippen molar-refractivity contribution < 1.29 is 9.84 Å². The highest BCUT2D eigenvalue weighted by atomic mass is 16.5. The third kappa shape index (κ3) is 4.13. The van der Waals surface area contributed by atoms with Gasteiger partial charge in [0.05, 0.1) is 18.8 Å². The third-order valence-electron chi connectivity index (χ3n) is 4.08. The Balaban J connectivity index is 1.44. The summed E-state index contributed by atoms with van der Waals surface area (Å²) in [6.07, 6.45) is 4.41. The molecule has 0 radical (unpaired) electrons. The molecule has 0 bridgehead atoms. The number of nitrogens with zero attached hydrogens (tertiary/aromatic N) is 2. The fraction of sp³-hybridized carbons (Fsp3) is 0.389. The van der Waals surface area contributed by atoms with Gasteiger partial charge in [0.1, 0.15) is 0 Å². The zero-order valence-corrected chi connectivity index (χ0v) is 12.6. The first-order valence-electron chi connectivity index (χ1n) is 7.77. The molecule has 2 heterocycles. The van der Waals surface area contributed by atoms with Crippen LogP contribution < -0.4 is 0 Å². The lowest BCUT2D eigenvalue weighted by Gasteiger charge is -2.20. The number of hydrogen-bond acceptors (Lipinski definition) is 4. The van der Waals surface area contributed by atoms with E-state index in [4.69, 9.17) is 4.74 Å². The molecule has 2 unspecified atom stereocenters. The minimum Gasteiger partial charge on any atom is -0.387 e. The molecule has 0 aliphatic carbocycles.